The largest absolute Gasteiger partial charge is 0.340 e. The summed E-state index contributed by atoms with van der Waals surface area (Å²) < 4.78 is 0. The Balaban J connectivity index is 0.00000242. The third-order valence-corrected chi connectivity index (χ3v) is 3.85. The number of nitrogens with one attached hydrogen (secondary N) is 1. The fourth-order valence-corrected chi connectivity index (χ4v) is 2.16. The lowest BCUT2D eigenvalue weighted by Crippen LogP contribution is -2.35. The van der Waals surface area contributed by atoms with Gasteiger partial charge in [0.2, 0.25) is 5.91 Å². The lowest BCUT2D eigenvalue weighted by Gasteiger charge is -2.18. The van der Waals surface area contributed by atoms with Gasteiger partial charge >= 0.3 is 0 Å². The number of likely N-dealkylation sites (N-methyl/N-ethyl adjacent to an activating group) is 1. The van der Waals surface area contributed by atoms with Crippen LogP contribution in [0.4, 0.5) is 5.69 Å². The maximum absolute atomic E-state index is 12.0. The number of nitrogens with zero attached hydrogens (tertiary/aromatic N) is 2. The summed E-state index contributed by atoms with van der Waals surface area (Å²) in [6, 6.07) is 4.24. The van der Waals surface area contributed by atoms with E-state index >= 15 is 0 Å². The normalized spacial score (nSPS) is 13.4. The Hall–Kier alpha value is -1.37. The minimum atomic E-state index is -0.473. The molecule has 122 valence electrons. The first-order valence-corrected chi connectivity index (χ1v) is 7.22. The van der Waals surface area contributed by atoms with Crippen molar-refractivity contribution < 1.29 is 9.72 Å². The molecule has 0 spiro atoms. The molecule has 1 N–H and O–H groups in total. The van der Waals surface area contributed by atoms with Gasteiger partial charge in [0.1, 0.15) is 0 Å². The van der Waals surface area contributed by atoms with E-state index in [0.717, 1.165) is 6.54 Å². The first kappa shape index (κ1) is 18.7. The Bertz CT molecular complexity index is 550. The molecule has 1 amide bonds. The van der Waals surface area contributed by atoms with E-state index in [-0.39, 0.29) is 37.1 Å². The first-order valence-electron chi connectivity index (χ1n) is 6.85. The standard InChI is InChI=1S/C14H18ClN3O3.ClH/c1-17(14(19)8-16-7-10-2-3-10)9-11-6-12(18(20)21)4-5-13(11)15;/h4-6,10,16H,2-3,7-9H2,1H3;1H. The zero-order valence-electron chi connectivity index (χ0n) is 12.3. The number of halogens is 2. The van der Waals surface area contributed by atoms with Gasteiger partial charge in [-0.1, -0.05) is 11.6 Å². The second-order valence-corrected chi connectivity index (χ2v) is 5.76. The SMILES string of the molecule is CN(Cc1cc([N+](=O)[O-])ccc1Cl)C(=O)CNCC1CC1.Cl. The summed E-state index contributed by atoms with van der Waals surface area (Å²) in [5.74, 6) is 0.660. The van der Waals surface area contributed by atoms with E-state index in [0.29, 0.717) is 16.5 Å². The predicted molar refractivity (Wildman–Crippen MR) is 87.4 cm³/mol. The molecule has 1 aromatic carbocycles. The van der Waals surface area contributed by atoms with Gasteiger partial charge in [-0.25, -0.2) is 0 Å². The quantitative estimate of drug-likeness (QED) is 0.607. The first-order chi connectivity index (χ1) is 9.97. The number of amides is 1. The molecule has 0 bridgehead atoms. The van der Waals surface area contributed by atoms with Crippen molar-refractivity contribution in [1.29, 1.82) is 0 Å². The zero-order valence-corrected chi connectivity index (χ0v) is 13.8. The molecular weight excluding hydrogens is 329 g/mol. The molecule has 1 aliphatic rings. The van der Waals surface area contributed by atoms with Gasteiger partial charge in [0, 0.05) is 30.7 Å². The van der Waals surface area contributed by atoms with Crippen LogP contribution in [0.5, 0.6) is 0 Å². The third kappa shape index (κ3) is 5.44. The number of hydrogen-bond acceptors (Lipinski definition) is 4. The van der Waals surface area contributed by atoms with Gasteiger partial charge in [-0.15, -0.1) is 12.4 Å². The Labute approximate surface area is 140 Å². The van der Waals surface area contributed by atoms with E-state index in [9.17, 15) is 14.9 Å². The van der Waals surface area contributed by atoms with E-state index in [4.69, 9.17) is 11.6 Å². The van der Waals surface area contributed by atoms with E-state index in [1.807, 2.05) is 0 Å². The van der Waals surface area contributed by atoms with Gasteiger partial charge in [0.05, 0.1) is 11.5 Å². The number of carbonyl (C=O) groups is 1. The van der Waals surface area contributed by atoms with Crippen LogP contribution in [0.3, 0.4) is 0 Å². The van der Waals surface area contributed by atoms with Crippen LogP contribution < -0.4 is 5.32 Å². The molecule has 1 aromatic rings. The lowest BCUT2D eigenvalue weighted by atomic mass is 10.2. The summed E-state index contributed by atoms with van der Waals surface area (Å²) in [6.07, 6.45) is 2.47. The number of nitro groups is 1. The van der Waals surface area contributed by atoms with Crippen LogP contribution in [0.2, 0.25) is 5.02 Å². The topological polar surface area (TPSA) is 75.5 Å². The average molecular weight is 348 g/mol. The van der Waals surface area contributed by atoms with Crippen LogP contribution in [0, 0.1) is 16.0 Å². The molecular formula is C14H19Cl2N3O3. The van der Waals surface area contributed by atoms with Gasteiger partial charge in [-0.3, -0.25) is 14.9 Å². The van der Waals surface area contributed by atoms with E-state index < -0.39 is 4.92 Å². The monoisotopic (exact) mass is 347 g/mol. The maximum atomic E-state index is 12.0. The number of nitro benzene ring substituents is 1. The van der Waals surface area contributed by atoms with E-state index in [2.05, 4.69) is 5.32 Å². The van der Waals surface area contributed by atoms with Crippen molar-refractivity contribution in [3.8, 4) is 0 Å². The highest BCUT2D eigenvalue weighted by Gasteiger charge is 2.21. The molecule has 2 rings (SSSR count). The zero-order chi connectivity index (χ0) is 15.4. The molecule has 0 unspecified atom stereocenters. The smallest absolute Gasteiger partial charge is 0.269 e. The summed E-state index contributed by atoms with van der Waals surface area (Å²) in [7, 11) is 1.66. The van der Waals surface area contributed by atoms with Crippen molar-refractivity contribution in [2.45, 2.75) is 19.4 Å². The highest BCUT2D eigenvalue weighted by atomic mass is 35.5. The third-order valence-electron chi connectivity index (χ3n) is 3.48. The number of carbonyl (C=O) groups excluding carboxylic acids is 1. The summed E-state index contributed by atoms with van der Waals surface area (Å²) >= 11 is 6.03. The van der Waals surface area contributed by atoms with Gasteiger partial charge in [0.25, 0.3) is 5.69 Å². The van der Waals surface area contributed by atoms with Crippen LogP contribution >= 0.6 is 24.0 Å². The summed E-state index contributed by atoms with van der Waals surface area (Å²) in [4.78, 5) is 23.8. The Morgan fingerprint density at radius 2 is 2.18 bits per heavy atom. The van der Waals surface area contributed by atoms with Crippen molar-refractivity contribution in [2.24, 2.45) is 5.92 Å². The van der Waals surface area contributed by atoms with Crippen LogP contribution in [0.15, 0.2) is 18.2 Å². The van der Waals surface area contributed by atoms with Crippen LogP contribution in [0.25, 0.3) is 0 Å². The van der Waals surface area contributed by atoms with E-state index in [1.165, 1.54) is 35.9 Å². The van der Waals surface area contributed by atoms with Crippen molar-refractivity contribution in [2.75, 3.05) is 20.1 Å². The molecule has 0 radical (unpaired) electrons. The molecule has 22 heavy (non-hydrogen) atoms. The van der Waals surface area contributed by atoms with Crippen LogP contribution in [0.1, 0.15) is 18.4 Å². The number of rotatable bonds is 7. The van der Waals surface area contributed by atoms with Crippen molar-refractivity contribution >= 4 is 35.6 Å². The van der Waals surface area contributed by atoms with Gasteiger partial charge in [-0.05, 0) is 36.9 Å². The van der Waals surface area contributed by atoms with Gasteiger partial charge in [0.15, 0.2) is 0 Å². The molecule has 6 nitrogen and oxygen atoms in total. The average Bonchev–Trinajstić information content (AvgIpc) is 3.24. The molecule has 0 saturated heterocycles. The minimum absolute atomic E-state index is 0. The Morgan fingerprint density at radius 1 is 1.50 bits per heavy atom. The summed E-state index contributed by atoms with van der Waals surface area (Å²) in [6.45, 7) is 1.40. The minimum Gasteiger partial charge on any atom is -0.340 e. The molecule has 0 aromatic heterocycles. The predicted octanol–water partition coefficient (Wildman–Crippen LogP) is 2.63. The molecule has 1 saturated carbocycles. The lowest BCUT2D eigenvalue weighted by molar-refractivity contribution is -0.384. The van der Waals surface area contributed by atoms with Gasteiger partial charge in [-0.2, -0.15) is 0 Å². The molecule has 1 aliphatic carbocycles. The summed E-state index contributed by atoms with van der Waals surface area (Å²) in [5.41, 5.74) is 0.547. The van der Waals surface area contributed by atoms with Crippen molar-refractivity contribution in [3.63, 3.8) is 0 Å². The van der Waals surface area contributed by atoms with Crippen molar-refractivity contribution in [1.82, 2.24) is 10.2 Å². The van der Waals surface area contributed by atoms with Crippen LogP contribution in [-0.2, 0) is 11.3 Å². The highest BCUT2D eigenvalue weighted by Crippen LogP contribution is 2.27. The molecule has 0 aliphatic heterocycles. The second-order valence-electron chi connectivity index (χ2n) is 5.36. The van der Waals surface area contributed by atoms with Crippen molar-refractivity contribution in [3.05, 3.63) is 38.9 Å². The number of hydrogen-bond donors (Lipinski definition) is 1. The molecule has 1 fully saturated rings. The maximum Gasteiger partial charge on any atom is 0.269 e. The Morgan fingerprint density at radius 3 is 2.77 bits per heavy atom. The van der Waals surface area contributed by atoms with Gasteiger partial charge < -0.3 is 10.2 Å². The second kappa shape index (κ2) is 8.31. The highest BCUT2D eigenvalue weighted by molar-refractivity contribution is 6.31. The molecule has 8 heteroatoms. The number of benzene rings is 1. The fourth-order valence-electron chi connectivity index (χ4n) is 1.98. The van der Waals surface area contributed by atoms with E-state index in [1.54, 1.807) is 7.05 Å². The fraction of sp³-hybridized carbons (Fsp3) is 0.500. The Kier molecular flexibility index (Phi) is 7.06. The molecule has 0 heterocycles. The number of non-ortho nitro benzene ring substituents is 1. The molecule has 0 atom stereocenters. The summed E-state index contributed by atoms with van der Waals surface area (Å²) in [5, 5.41) is 14.3. The van der Waals surface area contributed by atoms with Crippen LogP contribution in [-0.4, -0.2) is 35.9 Å².